The zero-order valence-electron chi connectivity index (χ0n) is 21.9. The number of ketones is 2. The number of nitrogens with zero attached hydrogens (tertiary/aromatic N) is 2. The van der Waals surface area contributed by atoms with Gasteiger partial charge in [0.25, 0.3) is 5.69 Å². The minimum atomic E-state index is -1.48. The number of nitro benzene ring substituents is 1. The third-order valence-corrected chi connectivity index (χ3v) is 8.86. The molecule has 4 atom stereocenters. The maximum atomic E-state index is 14.7. The minimum Gasteiger partial charge on any atom is -0.358 e. The molecular weight excluding hydrogens is 554 g/mol. The first-order valence-electron chi connectivity index (χ1n) is 13.4. The van der Waals surface area contributed by atoms with E-state index in [-0.39, 0.29) is 22.9 Å². The Bertz CT molecular complexity index is 1840. The van der Waals surface area contributed by atoms with Crippen molar-refractivity contribution in [1.29, 1.82) is 0 Å². The minimum absolute atomic E-state index is 0.167. The summed E-state index contributed by atoms with van der Waals surface area (Å²) >= 11 is 6.12. The number of hydrogen-bond donors (Lipinski definition) is 1. The summed E-state index contributed by atoms with van der Waals surface area (Å²) in [6.45, 7) is 0. The van der Waals surface area contributed by atoms with Crippen LogP contribution < -0.4 is 5.32 Å². The smallest absolute Gasteiger partial charge is 0.269 e. The third-order valence-electron chi connectivity index (χ3n) is 8.61. The molecular formula is C33H22ClN3O5. The molecule has 8 nitrogen and oxygen atoms in total. The van der Waals surface area contributed by atoms with Gasteiger partial charge >= 0.3 is 0 Å². The van der Waals surface area contributed by atoms with Crippen molar-refractivity contribution in [2.75, 3.05) is 5.32 Å². The number of hydrogen-bond acceptors (Lipinski definition) is 6. The number of fused-ring (bicyclic) bond motifs is 6. The van der Waals surface area contributed by atoms with Crippen LogP contribution in [0.15, 0.2) is 103 Å². The van der Waals surface area contributed by atoms with Gasteiger partial charge in [0.05, 0.1) is 16.9 Å². The topological polar surface area (TPSA) is 110 Å². The lowest BCUT2D eigenvalue weighted by Crippen LogP contribution is -2.49. The van der Waals surface area contributed by atoms with Crippen molar-refractivity contribution in [2.45, 2.75) is 17.5 Å². The number of carbonyl (C=O) groups excluding carboxylic acids is 3. The molecule has 0 radical (unpaired) electrons. The van der Waals surface area contributed by atoms with E-state index in [1.807, 2.05) is 53.4 Å². The monoisotopic (exact) mass is 575 g/mol. The first-order chi connectivity index (χ1) is 20.3. The Hall–Kier alpha value is -5.08. The first kappa shape index (κ1) is 25.9. The highest BCUT2D eigenvalue weighted by Gasteiger charge is 2.70. The van der Waals surface area contributed by atoms with E-state index < -0.39 is 34.1 Å². The summed E-state index contributed by atoms with van der Waals surface area (Å²) in [5, 5.41) is 14.8. The van der Waals surface area contributed by atoms with Gasteiger partial charge in [-0.15, -0.1) is 0 Å². The van der Waals surface area contributed by atoms with E-state index in [1.165, 1.54) is 24.3 Å². The number of halogens is 1. The number of rotatable bonds is 5. The maximum Gasteiger partial charge on any atom is 0.269 e. The predicted molar refractivity (Wildman–Crippen MR) is 157 cm³/mol. The van der Waals surface area contributed by atoms with Crippen LogP contribution >= 0.6 is 11.6 Å². The number of non-ortho nitro benzene ring substituents is 1. The van der Waals surface area contributed by atoms with Crippen LogP contribution in [0.3, 0.4) is 0 Å². The number of Topliss-reactive ketones (excluding diaryl/α,β-unsaturated/α-hetero) is 2. The molecule has 0 aromatic heterocycles. The largest absolute Gasteiger partial charge is 0.358 e. The average Bonchev–Trinajstić information content (AvgIpc) is 3.49. The van der Waals surface area contributed by atoms with Gasteiger partial charge in [0.15, 0.2) is 11.6 Å². The summed E-state index contributed by atoms with van der Waals surface area (Å²) in [4.78, 5) is 56.3. The summed E-state index contributed by atoms with van der Waals surface area (Å²) < 4.78 is 0. The molecule has 3 heterocycles. The SMILES string of the molecule is O=C(c1ccc([N+](=O)[O-])cc1)[C@@H]1[C@H](C(=O)c2ccc(Cl)cc2)N2C=Cc3ccccc3[C@@H]2[C@]12C(=O)Nc1ccccc12. The number of amides is 1. The lowest BCUT2D eigenvalue weighted by atomic mass is 9.62. The van der Waals surface area contributed by atoms with E-state index >= 15 is 0 Å². The molecule has 1 amide bonds. The number of nitro groups is 1. The number of benzene rings is 4. The van der Waals surface area contributed by atoms with Gasteiger partial charge in [-0.1, -0.05) is 54.1 Å². The molecule has 206 valence electrons. The molecule has 1 fully saturated rings. The Kier molecular flexibility index (Phi) is 5.85. The van der Waals surface area contributed by atoms with E-state index in [9.17, 15) is 24.5 Å². The van der Waals surface area contributed by atoms with Crippen LogP contribution in [0, 0.1) is 16.0 Å². The highest BCUT2D eigenvalue weighted by molar-refractivity contribution is 6.30. The fraction of sp³-hybridized carbons (Fsp3) is 0.121. The van der Waals surface area contributed by atoms with Gasteiger partial charge < -0.3 is 10.2 Å². The normalized spacial score (nSPS) is 23.2. The van der Waals surface area contributed by atoms with Crippen LogP contribution in [0.5, 0.6) is 0 Å². The van der Waals surface area contributed by atoms with Crippen LogP contribution in [0.2, 0.25) is 5.02 Å². The van der Waals surface area contributed by atoms with Crippen LogP contribution in [-0.4, -0.2) is 33.3 Å². The van der Waals surface area contributed by atoms with E-state index in [1.54, 1.807) is 36.5 Å². The summed E-state index contributed by atoms with van der Waals surface area (Å²) in [6.07, 6.45) is 3.68. The van der Waals surface area contributed by atoms with Gasteiger partial charge in [-0.05, 0) is 65.2 Å². The van der Waals surface area contributed by atoms with E-state index in [4.69, 9.17) is 11.6 Å². The summed E-state index contributed by atoms with van der Waals surface area (Å²) in [6, 6.07) is 24.9. The Morgan fingerprint density at radius 1 is 0.857 bits per heavy atom. The fourth-order valence-corrected chi connectivity index (χ4v) is 7.01. The summed E-state index contributed by atoms with van der Waals surface area (Å²) in [5.74, 6) is -2.35. The standard InChI is InChI=1S/C33H22ClN3O5/c34-22-13-9-21(10-14-22)30(39)28-27(29(38)20-11-15-23(16-12-20)37(41)42)33(25-7-3-4-8-26(25)35-32(33)40)31-24-6-2-1-5-19(24)17-18-36(28)31/h1-18,27-28,31H,(H,35,40)/t27-,28+,31+,33+/m0/s1. The molecule has 3 aliphatic heterocycles. The second-order valence-corrected chi connectivity index (χ2v) is 11.1. The second kappa shape index (κ2) is 9.49. The average molecular weight is 576 g/mol. The molecule has 42 heavy (non-hydrogen) atoms. The molecule has 0 bridgehead atoms. The van der Waals surface area contributed by atoms with E-state index in [2.05, 4.69) is 5.32 Å². The molecule has 1 N–H and O–H groups in total. The molecule has 0 unspecified atom stereocenters. The van der Waals surface area contributed by atoms with Crippen molar-refractivity contribution >= 4 is 46.5 Å². The molecule has 0 aliphatic carbocycles. The molecule has 4 aromatic rings. The Morgan fingerprint density at radius 2 is 1.50 bits per heavy atom. The molecule has 1 saturated heterocycles. The van der Waals surface area contributed by atoms with Crippen molar-refractivity contribution in [2.24, 2.45) is 5.92 Å². The van der Waals surface area contributed by atoms with Crippen LogP contribution in [0.1, 0.15) is 43.4 Å². The van der Waals surface area contributed by atoms with E-state index in [0.29, 0.717) is 21.8 Å². The lowest BCUT2D eigenvalue weighted by molar-refractivity contribution is -0.384. The molecule has 4 aromatic carbocycles. The number of nitrogens with one attached hydrogen (secondary N) is 1. The Morgan fingerprint density at radius 3 is 2.24 bits per heavy atom. The fourth-order valence-electron chi connectivity index (χ4n) is 6.88. The molecule has 0 saturated carbocycles. The summed E-state index contributed by atoms with van der Waals surface area (Å²) in [7, 11) is 0. The Balaban J connectivity index is 1.51. The van der Waals surface area contributed by atoms with Crippen molar-refractivity contribution in [3.63, 3.8) is 0 Å². The molecule has 1 spiro atoms. The Labute approximate surface area is 245 Å². The highest BCUT2D eigenvalue weighted by atomic mass is 35.5. The van der Waals surface area contributed by atoms with Crippen molar-refractivity contribution in [1.82, 2.24) is 4.90 Å². The number of anilines is 1. The summed E-state index contributed by atoms with van der Waals surface area (Å²) in [5.41, 5.74) is 1.78. The third kappa shape index (κ3) is 3.58. The zero-order chi connectivity index (χ0) is 29.2. The number of carbonyl (C=O) groups is 3. The van der Waals surface area contributed by atoms with Crippen LogP contribution in [-0.2, 0) is 10.2 Å². The van der Waals surface area contributed by atoms with Gasteiger partial charge in [0.2, 0.25) is 5.91 Å². The van der Waals surface area contributed by atoms with Gasteiger partial charge in [0.1, 0.15) is 11.5 Å². The molecule has 9 heteroatoms. The van der Waals surface area contributed by atoms with Crippen molar-refractivity contribution in [3.8, 4) is 0 Å². The van der Waals surface area contributed by atoms with Gasteiger partial charge in [-0.3, -0.25) is 24.5 Å². The quantitative estimate of drug-likeness (QED) is 0.172. The highest BCUT2D eigenvalue weighted by Crippen LogP contribution is 2.62. The molecule has 3 aliphatic rings. The van der Waals surface area contributed by atoms with Crippen molar-refractivity contribution < 1.29 is 19.3 Å². The first-order valence-corrected chi connectivity index (χ1v) is 13.7. The van der Waals surface area contributed by atoms with Gasteiger partial charge in [0, 0.05) is 40.2 Å². The number of para-hydroxylation sites is 1. The maximum absolute atomic E-state index is 14.7. The van der Waals surface area contributed by atoms with Crippen molar-refractivity contribution in [3.05, 3.63) is 146 Å². The van der Waals surface area contributed by atoms with Gasteiger partial charge in [-0.2, -0.15) is 0 Å². The van der Waals surface area contributed by atoms with E-state index in [0.717, 1.165) is 11.1 Å². The second-order valence-electron chi connectivity index (χ2n) is 10.6. The zero-order valence-corrected chi connectivity index (χ0v) is 22.7. The molecule has 7 rings (SSSR count). The lowest BCUT2D eigenvalue weighted by Gasteiger charge is -2.38. The predicted octanol–water partition coefficient (Wildman–Crippen LogP) is 6.23. The van der Waals surface area contributed by atoms with Gasteiger partial charge in [-0.25, -0.2) is 0 Å². The van der Waals surface area contributed by atoms with Crippen LogP contribution in [0.25, 0.3) is 6.08 Å². The van der Waals surface area contributed by atoms with Crippen LogP contribution in [0.4, 0.5) is 11.4 Å².